The van der Waals surface area contributed by atoms with Gasteiger partial charge in [0.15, 0.2) is 0 Å². The third-order valence-electron chi connectivity index (χ3n) is 3.67. The van der Waals surface area contributed by atoms with Crippen molar-refractivity contribution >= 4 is 33.4 Å². The maximum absolute atomic E-state index is 13.3. The Morgan fingerprint density at radius 3 is 2.74 bits per heavy atom. The van der Waals surface area contributed by atoms with Crippen LogP contribution in [0.4, 0.5) is 10.1 Å². The number of benzene rings is 2. The molecule has 2 amide bonds. The molecule has 1 atom stereocenters. The molecule has 1 saturated heterocycles. The number of hydrogen-bond acceptors (Lipinski definition) is 2. The fourth-order valence-electron chi connectivity index (χ4n) is 2.60. The molecule has 0 saturated carbocycles. The van der Waals surface area contributed by atoms with Crippen LogP contribution in [0.3, 0.4) is 0 Å². The molecule has 118 valence electrons. The maximum Gasteiger partial charge on any atom is 0.251 e. The minimum Gasteiger partial charge on any atom is -0.347 e. The minimum atomic E-state index is -0.392. The molecule has 1 fully saturated rings. The van der Waals surface area contributed by atoms with Gasteiger partial charge in [-0.3, -0.25) is 9.59 Å². The summed E-state index contributed by atoms with van der Waals surface area (Å²) in [7, 11) is 0. The predicted molar refractivity (Wildman–Crippen MR) is 88.8 cm³/mol. The monoisotopic (exact) mass is 376 g/mol. The SMILES string of the molecule is O=C(NC1CC(=O)N(c2cccc(F)c2)C1)c1cccc(Br)c1. The molecule has 0 bridgehead atoms. The lowest BCUT2D eigenvalue weighted by Gasteiger charge is -2.17. The second-order valence-corrected chi connectivity index (χ2v) is 6.28. The van der Waals surface area contributed by atoms with Gasteiger partial charge in [-0.05, 0) is 36.4 Å². The number of hydrogen-bond donors (Lipinski definition) is 1. The van der Waals surface area contributed by atoms with E-state index >= 15 is 0 Å². The molecular weight excluding hydrogens is 363 g/mol. The molecule has 2 aromatic carbocycles. The van der Waals surface area contributed by atoms with Crippen LogP contribution in [0.1, 0.15) is 16.8 Å². The molecule has 6 heteroatoms. The number of rotatable bonds is 3. The van der Waals surface area contributed by atoms with Gasteiger partial charge in [0.05, 0.1) is 6.04 Å². The van der Waals surface area contributed by atoms with Gasteiger partial charge in [0.2, 0.25) is 5.91 Å². The van der Waals surface area contributed by atoms with Gasteiger partial charge in [0.1, 0.15) is 5.82 Å². The Bertz CT molecular complexity index is 766. The molecule has 0 aromatic heterocycles. The van der Waals surface area contributed by atoms with E-state index in [2.05, 4.69) is 21.2 Å². The van der Waals surface area contributed by atoms with Gasteiger partial charge >= 0.3 is 0 Å². The van der Waals surface area contributed by atoms with E-state index in [1.54, 1.807) is 30.3 Å². The summed E-state index contributed by atoms with van der Waals surface area (Å²) >= 11 is 3.32. The average Bonchev–Trinajstić information content (AvgIpc) is 2.88. The van der Waals surface area contributed by atoms with Crippen molar-refractivity contribution in [1.82, 2.24) is 5.32 Å². The first-order valence-corrected chi connectivity index (χ1v) is 7.94. The van der Waals surface area contributed by atoms with Crippen LogP contribution >= 0.6 is 15.9 Å². The zero-order chi connectivity index (χ0) is 16.4. The van der Waals surface area contributed by atoms with Crippen molar-refractivity contribution in [3.05, 3.63) is 64.4 Å². The van der Waals surface area contributed by atoms with E-state index < -0.39 is 5.82 Å². The third kappa shape index (κ3) is 3.59. The van der Waals surface area contributed by atoms with Crippen molar-refractivity contribution in [2.75, 3.05) is 11.4 Å². The first-order chi connectivity index (χ1) is 11.0. The lowest BCUT2D eigenvalue weighted by atomic mass is 10.2. The third-order valence-corrected chi connectivity index (χ3v) is 4.16. The topological polar surface area (TPSA) is 49.4 Å². The molecule has 0 aliphatic carbocycles. The zero-order valence-corrected chi connectivity index (χ0v) is 13.7. The van der Waals surface area contributed by atoms with Gasteiger partial charge in [0, 0.05) is 28.7 Å². The minimum absolute atomic E-state index is 0.129. The Hall–Kier alpha value is -2.21. The smallest absolute Gasteiger partial charge is 0.251 e. The van der Waals surface area contributed by atoms with Crippen molar-refractivity contribution in [2.45, 2.75) is 12.5 Å². The summed E-state index contributed by atoms with van der Waals surface area (Å²) in [5, 5.41) is 2.85. The summed E-state index contributed by atoms with van der Waals surface area (Å²) in [6.07, 6.45) is 0.205. The van der Waals surface area contributed by atoms with Crippen LogP contribution in [0.15, 0.2) is 53.0 Å². The Labute approximate surface area is 141 Å². The Morgan fingerprint density at radius 2 is 2.00 bits per heavy atom. The fraction of sp³-hybridized carbons (Fsp3) is 0.176. The Morgan fingerprint density at radius 1 is 1.22 bits per heavy atom. The molecule has 0 spiro atoms. The fourth-order valence-corrected chi connectivity index (χ4v) is 3.00. The quantitative estimate of drug-likeness (QED) is 0.894. The standard InChI is InChI=1S/C17H14BrFN2O2/c18-12-4-1-3-11(7-12)17(23)20-14-9-16(22)21(10-14)15-6-2-5-13(19)8-15/h1-8,14H,9-10H2,(H,20,23). The van der Waals surface area contributed by atoms with Crippen molar-refractivity contribution in [1.29, 1.82) is 0 Å². The number of nitrogens with one attached hydrogen (secondary N) is 1. The summed E-state index contributed by atoms with van der Waals surface area (Å²) in [6, 6.07) is 12.6. The van der Waals surface area contributed by atoms with Gasteiger partial charge < -0.3 is 10.2 Å². The van der Waals surface area contributed by atoms with E-state index in [4.69, 9.17) is 0 Å². The molecule has 2 aromatic rings. The van der Waals surface area contributed by atoms with E-state index in [-0.39, 0.29) is 24.3 Å². The average molecular weight is 377 g/mol. The molecular formula is C17H14BrFN2O2. The van der Waals surface area contributed by atoms with Gasteiger partial charge in [-0.15, -0.1) is 0 Å². The first-order valence-electron chi connectivity index (χ1n) is 7.15. The molecule has 1 aliphatic rings. The van der Waals surface area contributed by atoms with Crippen LogP contribution in [-0.4, -0.2) is 24.4 Å². The zero-order valence-electron chi connectivity index (χ0n) is 12.1. The number of carbonyl (C=O) groups excluding carboxylic acids is 2. The van der Waals surface area contributed by atoms with Crippen molar-refractivity contribution in [3.8, 4) is 0 Å². The van der Waals surface area contributed by atoms with Crippen molar-refractivity contribution < 1.29 is 14.0 Å². The van der Waals surface area contributed by atoms with Gasteiger partial charge in [-0.25, -0.2) is 4.39 Å². The highest BCUT2D eigenvalue weighted by atomic mass is 79.9. The number of nitrogens with zero attached hydrogens (tertiary/aromatic N) is 1. The summed E-state index contributed by atoms with van der Waals surface area (Å²) in [4.78, 5) is 25.8. The predicted octanol–water partition coefficient (Wildman–Crippen LogP) is 3.12. The van der Waals surface area contributed by atoms with Gasteiger partial charge in [0.25, 0.3) is 5.91 Å². The van der Waals surface area contributed by atoms with Crippen LogP contribution in [0.25, 0.3) is 0 Å². The highest BCUT2D eigenvalue weighted by molar-refractivity contribution is 9.10. The van der Waals surface area contributed by atoms with Crippen LogP contribution < -0.4 is 10.2 Å². The van der Waals surface area contributed by atoms with Crippen molar-refractivity contribution in [3.63, 3.8) is 0 Å². The summed E-state index contributed by atoms with van der Waals surface area (Å²) in [5.41, 5.74) is 1.03. The second kappa shape index (κ2) is 6.50. The lowest BCUT2D eigenvalue weighted by molar-refractivity contribution is -0.117. The first kappa shape index (κ1) is 15.7. The molecule has 1 heterocycles. The summed E-state index contributed by atoms with van der Waals surface area (Å²) < 4.78 is 14.1. The molecule has 1 N–H and O–H groups in total. The molecule has 0 radical (unpaired) electrons. The molecule has 3 rings (SSSR count). The molecule has 23 heavy (non-hydrogen) atoms. The van der Waals surface area contributed by atoms with E-state index in [0.29, 0.717) is 17.8 Å². The van der Waals surface area contributed by atoms with E-state index in [9.17, 15) is 14.0 Å². The summed E-state index contributed by atoms with van der Waals surface area (Å²) in [6.45, 7) is 0.335. The highest BCUT2D eigenvalue weighted by Gasteiger charge is 2.31. The van der Waals surface area contributed by atoms with Crippen molar-refractivity contribution in [2.24, 2.45) is 0 Å². The van der Waals surface area contributed by atoms with E-state index in [1.165, 1.54) is 17.0 Å². The van der Waals surface area contributed by atoms with Gasteiger partial charge in [-0.1, -0.05) is 28.1 Å². The number of carbonyl (C=O) groups is 2. The molecule has 4 nitrogen and oxygen atoms in total. The van der Waals surface area contributed by atoms with Crippen LogP contribution in [0, 0.1) is 5.82 Å². The summed E-state index contributed by atoms with van der Waals surface area (Å²) in [5.74, 6) is -0.753. The van der Waals surface area contributed by atoms with Crippen LogP contribution in [0.5, 0.6) is 0 Å². The van der Waals surface area contributed by atoms with Gasteiger partial charge in [-0.2, -0.15) is 0 Å². The number of halogens is 2. The van der Waals surface area contributed by atoms with E-state index in [1.807, 2.05) is 6.07 Å². The Kier molecular flexibility index (Phi) is 4.43. The number of anilines is 1. The van der Waals surface area contributed by atoms with Crippen LogP contribution in [0.2, 0.25) is 0 Å². The molecule has 1 aliphatic heterocycles. The Balaban J connectivity index is 1.69. The number of amides is 2. The van der Waals surface area contributed by atoms with E-state index in [0.717, 1.165) is 4.47 Å². The lowest BCUT2D eigenvalue weighted by Crippen LogP contribution is -2.37. The van der Waals surface area contributed by atoms with Crippen LogP contribution in [-0.2, 0) is 4.79 Å². The molecule has 1 unspecified atom stereocenters. The highest BCUT2D eigenvalue weighted by Crippen LogP contribution is 2.22. The normalized spacial score (nSPS) is 17.4. The largest absolute Gasteiger partial charge is 0.347 e. The maximum atomic E-state index is 13.3. The second-order valence-electron chi connectivity index (χ2n) is 5.37.